The maximum absolute atomic E-state index is 11.9. The topological polar surface area (TPSA) is 55.1 Å². The van der Waals surface area contributed by atoms with E-state index >= 15 is 0 Å². The van der Waals surface area contributed by atoms with E-state index in [1.807, 2.05) is 0 Å². The van der Waals surface area contributed by atoms with Gasteiger partial charge in [0.15, 0.2) is 0 Å². The van der Waals surface area contributed by atoms with Crippen molar-refractivity contribution in [1.82, 2.24) is 5.32 Å². The fourth-order valence-electron chi connectivity index (χ4n) is 2.85. The van der Waals surface area contributed by atoms with Crippen molar-refractivity contribution in [2.24, 2.45) is 23.5 Å². The first-order valence-electron chi connectivity index (χ1n) is 7.46. The third-order valence-corrected chi connectivity index (χ3v) is 4.12. The first kappa shape index (κ1) is 18.7. The molecule has 19 heavy (non-hydrogen) atoms. The van der Waals surface area contributed by atoms with Crippen LogP contribution in [0.15, 0.2) is 0 Å². The van der Waals surface area contributed by atoms with Gasteiger partial charge in [0.1, 0.15) is 0 Å². The lowest BCUT2D eigenvalue weighted by Gasteiger charge is -2.32. The lowest BCUT2D eigenvalue weighted by molar-refractivity contribution is -0.123. The summed E-state index contributed by atoms with van der Waals surface area (Å²) in [6, 6.07) is 0.0125. The third-order valence-electron chi connectivity index (χ3n) is 4.12. The zero-order chi connectivity index (χ0) is 13.7. The van der Waals surface area contributed by atoms with Crippen LogP contribution in [0.1, 0.15) is 59.8 Å². The predicted molar refractivity (Wildman–Crippen MR) is 83.4 cm³/mol. The Hall–Kier alpha value is -0.280. The monoisotopic (exact) mass is 290 g/mol. The van der Waals surface area contributed by atoms with Crippen molar-refractivity contribution >= 4 is 18.3 Å². The molecule has 0 radical (unpaired) electrons. The third kappa shape index (κ3) is 6.62. The van der Waals surface area contributed by atoms with Crippen LogP contribution in [-0.4, -0.2) is 18.0 Å². The highest BCUT2D eigenvalue weighted by Gasteiger charge is 2.25. The average Bonchev–Trinajstić information content (AvgIpc) is 2.28. The van der Waals surface area contributed by atoms with Crippen LogP contribution < -0.4 is 11.1 Å². The molecule has 0 heterocycles. The van der Waals surface area contributed by atoms with Gasteiger partial charge in [-0.2, -0.15) is 0 Å². The fraction of sp³-hybridized carbons (Fsp3) is 0.933. The van der Waals surface area contributed by atoms with Gasteiger partial charge in [0.2, 0.25) is 5.91 Å². The van der Waals surface area contributed by atoms with Crippen LogP contribution >= 0.6 is 12.4 Å². The van der Waals surface area contributed by atoms with E-state index in [4.69, 9.17) is 5.73 Å². The number of hydrogen-bond donors (Lipinski definition) is 2. The van der Waals surface area contributed by atoms with E-state index in [1.165, 1.54) is 12.8 Å². The van der Waals surface area contributed by atoms with Crippen LogP contribution in [-0.2, 0) is 4.79 Å². The lowest BCUT2D eigenvalue weighted by Crippen LogP contribution is -2.47. The Labute approximate surface area is 124 Å². The molecule has 0 saturated heterocycles. The Kier molecular flexibility index (Phi) is 8.67. The molecule has 0 unspecified atom stereocenters. The number of nitrogens with two attached hydrogens (primary N) is 1. The average molecular weight is 291 g/mol. The highest BCUT2D eigenvalue weighted by atomic mass is 35.5. The summed E-state index contributed by atoms with van der Waals surface area (Å²) in [5, 5.41) is 3.12. The molecule has 0 aliphatic heterocycles. The molecule has 1 aliphatic carbocycles. The van der Waals surface area contributed by atoms with Gasteiger partial charge in [-0.3, -0.25) is 4.79 Å². The van der Waals surface area contributed by atoms with Crippen LogP contribution in [0.3, 0.4) is 0 Å². The number of rotatable bonds is 5. The first-order valence-corrected chi connectivity index (χ1v) is 7.46. The highest BCUT2D eigenvalue weighted by Crippen LogP contribution is 2.29. The largest absolute Gasteiger partial charge is 0.352 e. The van der Waals surface area contributed by atoms with Crippen molar-refractivity contribution in [2.45, 2.75) is 71.9 Å². The molecular formula is C15H31ClN2O. The molecule has 114 valence electrons. The first-order chi connectivity index (χ1) is 8.40. The number of amides is 1. The molecule has 1 saturated carbocycles. The van der Waals surface area contributed by atoms with E-state index in [0.29, 0.717) is 12.0 Å². The van der Waals surface area contributed by atoms with Crippen LogP contribution in [0.5, 0.6) is 0 Å². The molecule has 3 N–H and O–H groups in total. The summed E-state index contributed by atoms with van der Waals surface area (Å²) in [4.78, 5) is 11.9. The van der Waals surface area contributed by atoms with Gasteiger partial charge in [0.05, 0.1) is 6.04 Å². The van der Waals surface area contributed by atoms with Gasteiger partial charge in [-0.05, 0) is 49.9 Å². The summed E-state index contributed by atoms with van der Waals surface area (Å²) < 4.78 is 0. The van der Waals surface area contributed by atoms with Gasteiger partial charge in [-0.15, -0.1) is 12.4 Å². The standard InChI is InChI=1S/C15H30N2O.ClH/c1-10(2)9-14(16)15(18)17-13-7-5-12(6-8-13)11(3)4;/h10-14H,5-9,16H2,1-4H3,(H,17,18);1H/t12?,13?,14-;/m0./s1. The molecule has 0 aromatic heterocycles. The molecule has 0 spiro atoms. The molecule has 0 bridgehead atoms. The number of carbonyl (C=O) groups excluding carboxylic acids is 1. The second kappa shape index (κ2) is 8.80. The van der Waals surface area contributed by atoms with Crippen molar-refractivity contribution in [3.8, 4) is 0 Å². The van der Waals surface area contributed by atoms with Gasteiger partial charge < -0.3 is 11.1 Å². The SMILES string of the molecule is CC(C)C[C@H](N)C(=O)NC1CCC(C(C)C)CC1.Cl. The number of carbonyl (C=O) groups is 1. The van der Waals surface area contributed by atoms with Gasteiger partial charge >= 0.3 is 0 Å². The van der Waals surface area contributed by atoms with Crippen LogP contribution in [0.25, 0.3) is 0 Å². The minimum atomic E-state index is -0.340. The molecular weight excluding hydrogens is 260 g/mol. The Balaban J connectivity index is 0.00000324. The van der Waals surface area contributed by atoms with Crippen molar-refractivity contribution in [2.75, 3.05) is 0 Å². The van der Waals surface area contributed by atoms with Crippen LogP contribution in [0.4, 0.5) is 0 Å². The molecule has 1 atom stereocenters. The highest BCUT2D eigenvalue weighted by molar-refractivity contribution is 5.85. The van der Waals surface area contributed by atoms with E-state index in [2.05, 4.69) is 33.0 Å². The minimum absolute atomic E-state index is 0. The molecule has 1 amide bonds. The van der Waals surface area contributed by atoms with Crippen molar-refractivity contribution < 1.29 is 4.79 Å². The van der Waals surface area contributed by atoms with Crippen LogP contribution in [0.2, 0.25) is 0 Å². The van der Waals surface area contributed by atoms with Gasteiger partial charge in [0, 0.05) is 6.04 Å². The summed E-state index contributed by atoms with van der Waals surface area (Å²) in [7, 11) is 0. The fourth-order valence-corrected chi connectivity index (χ4v) is 2.85. The number of nitrogens with one attached hydrogen (secondary N) is 1. The van der Waals surface area contributed by atoms with Crippen molar-refractivity contribution in [3.63, 3.8) is 0 Å². The summed E-state index contributed by atoms with van der Waals surface area (Å²) in [5.41, 5.74) is 5.90. The second-order valence-electron chi connectivity index (χ2n) is 6.60. The molecule has 1 rings (SSSR count). The summed E-state index contributed by atoms with van der Waals surface area (Å²) in [5.74, 6) is 2.12. The molecule has 0 aromatic rings. The molecule has 1 fully saturated rings. The summed E-state index contributed by atoms with van der Waals surface area (Å²) >= 11 is 0. The smallest absolute Gasteiger partial charge is 0.237 e. The zero-order valence-corrected chi connectivity index (χ0v) is 13.6. The Morgan fingerprint density at radius 3 is 2.11 bits per heavy atom. The van der Waals surface area contributed by atoms with Crippen LogP contribution in [0, 0.1) is 17.8 Å². The summed E-state index contributed by atoms with van der Waals surface area (Å²) in [6.45, 7) is 8.78. The molecule has 3 nitrogen and oxygen atoms in total. The second-order valence-corrected chi connectivity index (χ2v) is 6.60. The van der Waals surface area contributed by atoms with E-state index in [0.717, 1.165) is 31.1 Å². The predicted octanol–water partition coefficient (Wildman–Crippen LogP) is 3.11. The zero-order valence-electron chi connectivity index (χ0n) is 12.8. The summed E-state index contributed by atoms with van der Waals surface area (Å²) in [6.07, 6.45) is 5.48. The van der Waals surface area contributed by atoms with E-state index in [9.17, 15) is 4.79 Å². The Morgan fingerprint density at radius 2 is 1.68 bits per heavy atom. The Bertz CT molecular complexity index is 261. The van der Waals surface area contributed by atoms with Gasteiger partial charge in [-0.25, -0.2) is 0 Å². The van der Waals surface area contributed by atoms with E-state index in [1.54, 1.807) is 0 Å². The number of hydrogen-bond acceptors (Lipinski definition) is 2. The van der Waals surface area contributed by atoms with E-state index < -0.39 is 0 Å². The van der Waals surface area contributed by atoms with Crippen molar-refractivity contribution in [1.29, 1.82) is 0 Å². The minimum Gasteiger partial charge on any atom is -0.352 e. The maximum atomic E-state index is 11.9. The molecule has 1 aliphatic rings. The normalized spacial score (nSPS) is 25.0. The van der Waals surface area contributed by atoms with E-state index in [-0.39, 0.29) is 24.4 Å². The van der Waals surface area contributed by atoms with Crippen molar-refractivity contribution in [3.05, 3.63) is 0 Å². The lowest BCUT2D eigenvalue weighted by atomic mass is 9.79. The van der Waals surface area contributed by atoms with Gasteiger partial charge in [-0.1, -0.05) is 27.7 Å². The van der Waals surface area contributed by atoms with Gasteiger partial charge in [0.25, 0.3) is 0 Å². The Morgan fingerprint density at radius 1 is 1.16 bits per heavy atom. The number of halogens is 1. The molecule has 0 aromatic carbocycles. The maximum Gasteiger partial charge on any atom is 0.237 e. The quantitative estimate of drug-likeness (QED) is 0.817. The molecule has 4 heteroatoms.